The van der Waals surface area contributed by atoms with Gasteiger partial charge in [0.25, 0.3) is 0 Å². The molecule has 0 saturated carbocycles. The number of rotatable bonds is 7. The molecule has 0 fully saturated rings. The third kappa shape index (κ3) is 3.98. The molecule has 0 amide bonds. The lowest BCUT2D eigenvalue weighted by Gasteiger charge is -2.15. The Kier molecular flexibility index (Phi) is 5.28. The van der Waals surface area contributed by atoms with Crippen molar-refractivity contribution in [3.63, 3.8) is 0 Å². The second kappa shape index (κ2) is 6.96. The predicted octanol–water partition coefficient (Wildman–Crippen LogP) is 3.74. The molecule has 2 rings (SSSR count). The maximum atomic E-state index is 4.63. The summed E-state index contributed by atoms with van der Waals surface area (Å²) in [5, 5.41) is 4.56. The van der Waals surface area contributed by atoms with Crippen LogP contribution in [0, 0.1) is 6.92 Å². The average Bonchev–Trinajstić information content (AvgIpc) is 2.78. The first-order chi connectivity index (χ1) is 9.22. The van der Waals surface area contributed by atoms with Gasteiger partial charge in [0.15, 0.2) is 5.16 Å². The molecule has 2 aromatic rings. The highest BCUT2D eigenvalue weighted by atomic mass is 32.2. The van der Waals surface area contributed by atoms with Crippen LogP contribution in [0.15, 0.2) is 23.4 Å². The molecular formula is C15H23N3S. The van der Waals surface area contributed by atoms with Crippen LogP contribution in [0.2, 0.25) is 0 Å². The number of aryl methyl sites for hydroxylation is 1. The van der Waals surface area contributed by atoms with Crippen molar-refractivity contribution in [2.24, 2.45) is 0 Å². The summed E-state index contributed by atoms with van der Waals surface area (Å²) in [7, 11) is 0. The lowest BCUT2D eigenvalue weighted by molar-refractivity contribution is 0.531. The first-order valence-corrected chi connectivity index (χ1v) is 8.04. The van der Waals surface area contributed by atoms with Crippen LogP contribution in [0.1, 0.15) is 32.3 Å². The van der Waals surface area contributed by atoms with Crippen molar-refractivity contribution in [1.82, 2.24) is 15.3 Å². The molecule has 0 aliphatic rings. The summed E-state index contributed by atoms with van der Waals surface area (Å²) in [5.74, 6) is 1.07. The second-order valence-corrected chi connectivity index (χ2v) is 5.93. The Balaban J connectivity index is 2.00. The minimum atomic E-state index is 0.579. The van der Waals surface area contributed by atoms with Gasteiger partial charge in [0.05, 0.1) is 11.0 Å². The normalized spacial score (nSPS) is 13.0. The number of H-pyrrole nitrogens is 1. The molecule has 1 aromatic carbocycles. The van der Waals surface area contributed by atoms with E-state index in [9.17, 15) is 0 Å². The molecule has 0 aliphatic carbocycles. The van der Waals surface area contributed by atoms with Crippen molar-refractivity contribution in [3.05, 3.63) is 23.8 Å². The fraction of sp³-hybridized carbons (Fsp3) is 0.533. The minimum Gasteiger partial charge on any atom is -0.333 e. The van der Waals surface area contributed by atoms with E-state index < -0.39 is 0 Å². The van der Waals surface area contributed by atoms with Crippen LogP contribution in [0.3, 0.4) is 0 Å². The van der Waals surface area contributed by atoms with Gasteiger partial charge in [-0.1, -0.05) is 38.1 Å². The molecule has 1 heterocycles. The number of aromatic amines is 1. The molecular weight excluding hydrogens is 254 g/mol. The number of hydrogen-bond acceptors (Lipinski definition) is 3. The van der Waals surface area contributed by atoms with E-state index in [-0.39, 0.29) is 0 Å². The van der Waals surface area contributed by atoms with E-state index in [0.717, 1.165) is 28.5 Å². The topological polar surface area (TPSA) is 40.7 Å². The van der Waals surface area contributed by atoms with Gasteiger partial charge in [0, 0.05) is 11.8 Å². The van der Waals surface area contributed by atoms with Crippen molar-refractivity contribution in [2.45, 2.75) is 44.8 Å². The third-order valence-corrected chi connectivity index (χ3v) is 4.20. The van der Waals surface area contributed by atoms with Gasteiger partial charge in [-0.05, 0) is 37.6 Å². The van der Waals surface area contributed by atoms with Crippen LogP contribution in [-0.2, 0) is 0 Å². The van der Waals surface area contributed by atoms with Crippen molar-refractivity contribution >= 4 is 22.8 Å². The van der Waals surface area contributed by atoms with Gasteiger partial charge < -0.3 is 10.3 Å². The summed E-state index contributed by atoms with van der Waals surface area (Å²) >= 11 is 1.81. The Hall–Kier alpha value is -1.00. The average molecular weight is 277 g/mol. The summed E-state index contributed by atoms with van der Waals surface area (Å²) in [6.45, 7) is 7.54. The maximum Gasteiger partial charge on any atom is 0.166 e. The van der Waals surface area contributed by atoms with Gasteiger partial charge in [-0.25, -0.2) is 4.98 Å². The quantitative estimate of drug-likeness (QED) is 0.757. The van der Waals surface area contributed by atoms with Crippen LogP contribution in [-0.4, -0.2) is 28.3 Å². The first kappa shape index (κ1) is 14.4. The summed E-state index contributed by atoms with van der Waals surface area (Å²) in [4.78, 5) is 8.03. The first-order valence-electron chi connectivity index (χ1n) is 7.05. The van der Waals surface area contributed by atoms with Gasteiger partial charge in [0.1, 0.15) is 0 Å². The highest BCUT2D eigenvalue weighted by molar-refractivity contribution is 7.99. The molecule has 0 spiro atoms. The molecule has 4 heteroatoms. The summed E-state index contributed by atoms with van der Waals surface area (Å²) in [5.41, 5.74) is 3.46. The molecule has 1 aromatic heterocycles. The highest BCUT2D eigenvalue weighted by Crippen LogP contribution is 2.21. The van der Waals surface area contributed by atoms with E-state index in [1.165, 1.54) is 18.4 Å². The Bertz CT molecular complexity index is 515. The number of thioether (sulfide) groups is 1. The molecule has 19 heavy (non-hydrogen) atoms. The fourth-order valence-electron chi connectivity index (χ4n) is 2.23. The predicted molar refractivity (Wildman–Crippen MR) is 83.9 cm³/mol. The zero-order valence-corrected chi connectivity index (χ0v) is 12.8. The van der Waals surface area contributed by atoms with E-state index in [2.05, 4.69) is 54.3 Å². The fourth-order valence-corrected chi connectivity index (χ4v) is 3.22. The smallest absolute Gasteiger partial charge is 0.166 e. The largest absolute Gasteiger partial charge is 0.333 e. The summed E-state index contributed by atoms with van der Waals surface area (Å²) in [6.07, 6.45) is 2.44. The van der Waals surface area contributed by atoms with Crippen LogP contribution >= 0.6 is 11.8 Å². The number of benzene rings is 1. The van der Waals surface area contributed by atoms with E-state index in [0.29, 0.717) is 6.04 Å². The molecule has 104 valence electrons. The van der Waals surface area contributed by atoms with E-state index >= 15 is 0 Å². The van der Waals surface area contributed by atoms with Crippen LogP contribution in [0.4, 0.5) is 0 Å². The van der Waals surface area contributed by atoms with Crippen LogP contribution in [0.25, 0.3) is 11.0 Å². The number of nitrogens with one attached hydrogen (secondary N) is 2. The van der Waals surface area contributed by atoms with Gasteiger partial charge in [-0.3, -0.25) is 0 Å². The van der Waals surface area contributed by atoms with Crippen LogP contribution in [0.5, 0.6) is 0 Å². The Morgan fingerprint density at radius 2 is 2.21 bits per heavy atom. The lowest BCUT2D eigenvalue weighted by atomic mass is 10.2. The number of fused-ring (bicyclic) bond motifs is 1. The summed E-state index contributed by atoms with van der Waals surface area (Å²) < 4.78 is 0. The van der Waals surface area contributed by atoms with Crippen molar-refractivity contribution in [3.8, 4) is 0 Å². The van der Waals surface area contributed by atoms with E-state index in [1.54, 1.807) is 0 Å². The van der Waals surface area contributed by atoms with E-state index in [4.69, 9.17) is 0 Å². The van der Waals surface area contributed by atoms with E-state index in [1.807, 2.05) is 11.8 Å². The number of hydrogen-bond donors (Lipinski definition) is 2. The Morgan fingerprint density at radius 1 is 1.37 bits per heavy atom. The monoisotopic (exact) mass is 277 g/mol. The van der Waals surface area contributed by atoms with Crippen molar-refractivity contribution < 1.29 is 0 Å². The second-order valence-electron chi connectivity index (χ2n) is 4.92. The standard InChI is InChI=1S/C15H23N3S/c1-4-6-12(16-5-2)10-19-15-17-13-8-7-11(3)9-14(13)18-15/h7-9,12,16H,4-6,10H2,1-3H3,(H,17,18). The third-order valence-electron chi connectivity index (χ3n) is 3.17. The summed E-state index contributed by atoms with van der Waals surface area (Å²) in [6, 6.07) is 6.92. The lowest BCUT2D eigenvalue weighted by Crippen LogP contribution is -2.30. The van der Waals surface area contributed by atoms with Crippen LogP contribution < -0.4 is 5.32 Å². The molecule has 3 nitrogen and oxygen atoms in total. The van der Waals surface area contributed by atoms with Crippen molar-refractivity contribution in [1.29, 1.82) is 0 Å². The zero-order valence-electron chi connectivity index (χ0n) is 12.0. The Labute approximate surface area is 119 Å². The Morgan fingerprint density at radius 3 is 2.95 bits per heavy atom. The highest BCUT2D eigenvalue weighted by Gasteiger charge is 2.09. The number of nitrogens with zero attached hydrogens (tertiary/aromatic N) is 1. The molecule has 0 aliphatic heterocycles. The molecule has 0 radical (unpaired) electrons. The molecule has 1 atom stereocenters. The molecule has 0 bridgehead atoms. The minimum absolute atomic E-state index is 0.579. The molecule has 2 N–H and O–H groups in total. The molecule has 1 unspecified atom stereocenters. The SMILES string of the molecule is CCCC(CSc1nc2ccc(C)cc2[nH]1)NCC. The van der Waals surface area contributed by atoms with Gasteiger partial charge in [-0.15, -0.1) is 0 Å². The van der Waals surface area contributed by atoms with Gasteiger partial charge in [0.2, 0.25) is 0 Å². The van der Waals surface area contributed by atoms with Gasteiger partial charge in [-0.2, -0.15) is 0 Å². The number of imidazole rings is 1. The number of aromatic nitrogens is 2. The maximum absolute atomic E-state index is 4.63. The zero-order chi connectivity index (χ0) is 13.7. The van der Waals surface area contributed by atoms with Crippen molar-refractivity contribution in [2.75, 3.05) is 12.3 Å². The van der Waals surface area contributed by atoms with Gasteiger partial charge >= 0.3 is 0 Å². The molecule has 0 saturated heterocycles.